The molecule has 2 aromatic rings. The highest BCUT2D eigenvalue weighted by molar-refractivity contribution is 8.00. The molecule has 136 valence electrons. The van der Waals surface area contributed by atoms with Crippen LogP contribution in [0.4, 0.5) is 0 Å². The van der Waals surface area contributed by atoms with E-state index in [1.54, 1.807) is 0 Å². The van der Waals surface area contributed by atoms with Crippen LogP contribution in [0.5, 0.6) is 0 Å². The van der Waals surface area contributed by atoms with E-state index < -0.39 is 0 Å². The van der Waals surface area contributed by atoms with Gasteiger partial charge >= 0.3 is 0 Å². The van der Waals surface area contributed by atoms with Crippen molar-refractivity contribution in [3.05, 3.63) is 27.7 Å². The first-order valence-electron chi connectivity index (χ1n) is 8.49. The standard InChI is InChI=1S/C18H26N4O2S/c1-9(2)22(10(3)4)17(24)13(7)25-18-20-15-14(16(23)21-18)11(5)8-12(6)19-15/h8-10,13H,1-7H3,(H,19,20,21,23)/t13-/m1/s1. The third-order valence-corrected chi connectivity index (χ3v) is 4.96. The Morgan fingerprint density at radius 2 is 1.72 bits per heavy atom. The van der Waals surface area contributed by atoms with Crippen molar-refractivity contribution in [1.29, 1.82) is 0 Å². The largest absolute Gasteiger partial charge is 0.337 e. The van der Waals surface area contributed by atoms with Gasteiger partial charge in [-0.1, -0.05) is 11.8 Å². The number of aromatic amines is 1. The fraction of sp³-hybridized carbons (Fsp3) is 0.556. The normalized spacial score (nSPS) is 12.8. The highest BCUT2D eigenvalue weighted by Crippen LogP contribution is 2.23. The Balaban J connectivity index is 2.34. The fourth-order valence-electron chi connectivity index (χ4n) is 3.05. The van der Waals surface area contributed by atoms with Crippen LogP contribution < -0.4 is 5.56 Å². The van der Waals surface area contributed by atoms with Crippen LogP contribution in [0.1, 0.15) is 45.9 Å². The van der Waals surface area contributed by atoms with E-state index in [0.29, 0.717) is 16.2 Å². The molecule has 1 atom stereocenters. The van der Waals surface area contributed by atoms with Crippen LogP contribution in [0.15, 0.2) is 16.0 Å². The summed E-state index contributed by atoms with van der Waals surface area (Å²) >= 11 is 1.26. The van der Waals surface area contributed by atoms with Gasteiger partial charge in [-0.25, -0.2) is 9.97 Å². The highest BCUT2D eigenvalue weighted by Gasteiger charge is 2.26. The number of rotatable bonds is 5. The molecule has 0 unspecified atom stereocenters. The summed E-state index contributed by atoms with van der Waals surface area (Å²) in [4.78, 5) is 38.6. The van der Waals surface area contributed by atoms with Crippen molar-refractivity contribution in [2.75, 3.05) is 0 Å². The van der Waals surface area contributed by atoms with E-state index in [0.717, 1.165) is 11.3 Å². The molecule has 2 aromatic heterocycles. The third kappa shape index (κ3) is 4.21. The molecule has 0 aliphatic carbocycles. The van der Waals surface area contributed by atoms with Gasteiger partial charge in [0.15, 0.2) is 10.8 Å². The van der Waals surface area contributed by atoms with E-state index in [4.69, 9.17) is 0 Å². The lowest BCUT2D eigenvalue weighted by molar-refractivity contribution is -0.133. The lowest BCUT2D eigenvalue weighted by Gasteiger charge is -2.32. The van der Waals surface area contributed by atoms with Crippen LogP contribution in [-0.2, 0) is 4.79 Å². The number of H-pyrrole nitrogens is 1. The lowest BCUT2D eigenvalue weighted by atomic mass is 10.2. The molecule has 0 saturated heterocycles. The van der Waals surface area contributed by atoms with E-state index in [1.165, 1.54) is 11.8 Å². The summed E-state index contributed by atoms with van der Waals surface area (Å²) in [7, 11) is 0. The molecule has 25 heavy (non-hydrogen) atoms. The van der Waals surface area contributed by atoms with E-state index in [9.17, 15) is 9.59 Å². The first-order valence-corrected chi connectivity index (χ1v) is 9.36. The molecule has 0 saturated carbocycles. The van der Waals surface area contributed by atoms with Crippen molar-refractivity contribution in [1.82, 2.24) is 19.9 Å². The van der Waals surface area contributed by atoms with Crippen molar-refractivity contribution in [2.24, 2.45) is 0 Å². The van der Waals surface area contributed by atoms with Crippen LogP contribution >= 0.6 is 11.8 Å². The molecule has 0 aromatic carbocycles. The van der Waals surface area contributed by atoms with Gasteiger partial charge in [-0.2, -0.15) is 0 Å². The Kier molecular flexibility index (Phi) is 5.87. The second-order valence-corrected chi connectivity index (χ2v) is 8.17. The Hall–Kier alpha value is -1.89. The van der Waals surface area contributed by atoms with Gasteiger partial charge in [0.2, 0.25) is 5.91 Å². The van der Waals surface area contributed by atoms with Gasteiger partial charge in [-0.15, -0.1) is 0 Å². The highest BCUT2D eigenvalue weighted by atomic mass is 32.2. The number of nitrogens with one attached hydrogen (secondary N) is 1. The molecule has 0 bridgehead atoms. The van der Waals surface area contributed by atoms with Gasteiger partial charge in [0.1, 0.15) is 0 Å². The van der Waals surface area contributed by atoms with Crippen molar-refractivity contribution in [2.45, 2.75) is 71.0 Å². The average molecular weight is 362 g/mol. The Labute approximate surface area is 152 Å². The zero-order chi connectivity index (χ0) is 18.9. The molecular formula is C18H26N4O2S. The smallest absolute Gasteiger partial charge is 0.261 e. The molecule has 7 heteroatoms. The molecular weight excluding hydrogens is 336 g/mol. The number of amides is 1. The summed E-state index contributed by atoms with van der Waals surface area (Å²) in [5.74, 6) is 0.0335. The number of thioether (sulfide) groups is 1. The topological polar surface area (TPSA) is 79.0 Å². The SMILES string of the molecule is Cc1cc(C)c2c(=O)[nH]c(S[C@H](C)C(=O)N(C(C)C)C(C)C)nc2n1. The molecule has 1 N–H and O–H groups in total. The summed E-state index contributed by atoms with van der Waals surface area (Å²) in [5, 5.41) is 0.569. The second kappa shape index (κ2) is 7.56. The summed E-state index contributed by atoms with van der Waals surface area (Å²) in [5.41, 5.74) is 1.87. The second-order valence-electron chi connectivity index (χ2n) is 6.84. The third-order valence-electron chi connectivity index (χ3n) is 3.98. The van der Waals surface area contributed by atoms with Gasteiger partial charge in [0.05, 0.1) is 10.6 Å². The number of aryl methyl sites for hydroxylation is 2. The Morgan fingerprint density at radius 3 is 2.28 bits per heavy atom. The first-order chi connectivity index (χ1) is 11.6. The predicted octanol–water partition coefficient (Wildman–Crippen LogP) is 3.06. The number of carbonyl (C=O) groups excluding carboxylic acids is 1. The fourth-order valence-corrected chi connectivity index (χ4v) is 3.90. The zero-order valence-electron chi connectivity index (χ0n) is 15.9. The summed E-state index contributed by atoms with van der Waals surface area (Å²) in [6, 6.07) is 2.10. The number of hydrogen-bond acceptors (Lipinski definition) is 5. The van der Waals surface area contributed by atoms with Crippen molar-refractivity contribution < 1.29 is 4.79 Å². The molecule has 0 spiro atoms. The summed E-state index contributed by atoms with van der Waals surface area (Å²) < 4.78 is 0. The van der Waals surface area contributed by atoms with Crippen LogP contribution in [0.2, 0.25) is 0 Å². The minimum absolute atomic E-state index is 0.0335. The molecule has 2 rings (SSSR count). The molecule has 0 aliphatic heterocycles. The Bertz CT molecular complexity index is 837. The predicted molar refractivity (Wildman–Crippen MR) is 102 cm³/mol. The maximum absolute atomic E-state index is 12.8. The number of aromatic nitrogens is 3. The van der Waals surface area contributed by atoms with Crippen LogP contribution in [0, 0.1) is 13.8 Å². The van der Waals surface area contributed by atoms with E-state index in [-0.39, 0.29) is 28.8 Å². The number of hydrogen-bond donors (Lipinski definition) is 1. The van der Waals surface area contributed by atoms with Gasteiger partial charge < -0.3 is 9.88 Å². The van der Waals surface area contributed by atoms with E-state index in [1.807, 2.05) is 59.4 Å². The van der Waals surface area contributed by atoms with Crippen molar-refractivity contribution in [3.63, 3.8) is 0 Å². The molecule has 0 radical (unpaired) electrons. The van der Waals surface area contributed by atoms with Crippen molar-refractivity contribution >= 4 is 28.7 Å². The summed E-state index contributed by atoms with van der Waals surface area (Å²) in [6.45, 7) is 13.6. The molecule has 2 heterocycles. The zero-order valence-corrected chi connectivity index (χ0v) is 16.7. The average Bonchev–Trinajstić information content (AvgIpc) is 2.44. The van der Waals surface area contributed by atoms with Gasteiger partial charge in [-0.05, 0) is 60.1 Å². The van der Waals surface area contributed by atoms with Gasteiger partial charge in [0, 0.05) is 17.8 Å². The Morgan fingerprint density at radius 1 is 1.12 bits per heavy atom. The minimum Gasteiger partial charge on any atom is -0.337 e. The number of pyridine rings is 1. The van der Waals surface area contributed by atoms with Gasteiger partial charge in [0.25, 0.3) is 5.56 Å². The number of fused-ring (bicyclic) bond motifs is 1. The van der Waals surface area contributed by atoms with Crippen LogP contribution in [-0.4, -0.2) is 43.1 Å². The minimum atomic E-state index is -0.351. The van der Waals surface area contributed by atoms with Crippen molar-refractivity contribution in [3.8, 4) is 0 Å². The summed E-state index contributed by atoms with van der Waals surface area (Å²) in [6.07, 6.45) is 0. The van der Waals surface area contributed by atoms with Gasteiger partial charge in [-0.3, -0.25) is 9.59 Å². The van der Waals surface area contributed by atoms with E-state index >= 15 is 0 Å². The molecule has 1 amide bonds. The first kappa shape index (κ1) is 19.4. The van der Waals surface area contributed by atoms with Crippen LogP contribution in [0.3, 0.4) is 0 Å². The molecule has 0 aliphatic rings. The number of nitrogens with zero attached hydrogens (tertiary/aromatic N) is 3. The maximum atomic E-state index is 12.8. The maximum Gasteiger partial charge on any atom is 0.261 e. The molecule has 0 fully saturated rings. The lowest BCUT2D eigenvalue weighted by Crippen LogP contribution is -2.45. The number of carbonyl (C=O) groups is 1. The monoisotopic (exact) mass is 362 g/mol. The van der Waals surface area contributed by atoms with E-state index in [2.05, 4.69) is 15.0 Å². The van der Waals surface area contributed by atoms with Crippen LogP contribution in [0.25, 0.3) is 11.0 Å². The quantitative estimate of drug-likeness (QED) is 0.653. The molecule has 6 nitrogen and oxygen atoms in total.